The van der Waals surface area contributed by atoms with E-state index in [4.69, 9.17) is 18.9 Å². The number of ether oxygens (including phenoxy) is 4. The van der Waals surface area contributed by atoms with Crippen molar-refractivity contribution in [3.63, 3.8) is 0 Å². The maximum absolute atomic E-state index is 14.3. The molecule has 1 heterocycles. The van der Waals surface area contributed by atoms with E-state index >= 15 is 0 Å². The molecule has 0 aliphatic heterocycles. The first-order valence-corrected chi connectivity index (χ1v) is 21.1. The molecule has 0 aromatic carbocycles. The Hall–Kier alpha value is -4.90. The Morgan fingerprint density at radius 2 is 1.05 bits per heavy atom. The molecule has 342 valence electrons. The molecule has 0 aliphatic carbocycles. The van der Waals surface area contributed by atoms with E-state index in [0.717, 1.165) is 30.3 Å². The fraction of sp³-hybridized carbons (Fsp3) is 0.762. The molecular weight excluding hydrogens is 778 g/mol. The van der Waals surface area contributed by atoms with Crippen LogP contribution in [0.5, 0.6) is 0 Å². The average molecular weight is 852 g/mol. The van der Waals surface area contributed by atoms with Gasteiger partial charge in [0.05, 0.1) is 12.8 Å². The number of hydrogen-bond acceptors (Lipinski definition) is 12. The number of nitrogens with zero attached hydrogens (tertiary/aromatic N) is 2. The van der Waals surface area contributed by atoms with E-state index < -0.39 is 82.9 Å². The number of methoxy groups -OCH3 is 1. The Labute approximate surface area is 356 Å². The molecule has 0 saturated heterocycles. The summed E-state index contributed by atoms with van der Waals surface area (Å²) in [5.41, 5.74) is -2.09. The van der Waals surface area contributed by atoms with Crippen LogP contribution in [0.1, 0.15) is 152 Å². The lowest BCUT2D eigenvalue weighted by molar-refractivity contribution is -0.145. The molecule has 0 aliphatic rings. The van der Waals surface area contributed by atoms with Gasteiger partial charge in [0.15, 0.2) is 0 Å². The number of hydrogen-bond donors (Lipinski definition) is 5. The highest BCUT2D eigenvalue weighted by Gasteiger charge is 2.33. The zero-order chi connectivity index (χ0) is 45.7. The highest BCUT2D eigenvalue weighted by atomic mass is 16.6. The third-order valence-corrected chi connectivity index (χ3v) is 8.51. The lowest BCUT2D eigenvalue weighted by atomic mass is 10.0. The van der Waals surface area contributed by atoms with Crippen LogP contribution >= 0.6 is 0 Å². The van der Waals surface area contributed by atoms with E-state index in [1.807, 2.05) is 13.8 Å². The van der Waals surface area contributed by atoms with Crippen LogP contribution in [0.2, 0.25) is 0 Å². The van der Waals surface area contributed by atoms with Crippen molar-refractivity contribution < 1.29 is 52.5 Å². The fourth-order valence-electron chi connectivity index (χ4n) is 5.67. The molecule has 60 heavy (non-hydrogen) atoms. The van der Waals surface area contributed by atoms with Crippen LogP contribution in [0, 0.1) is 0 Å². The van der Waals surface area contributed by atoms with Crippen molar-refractivity contribution in [2.45, 2.75) is 194 Å². The molecule has 1 aromatic heterocycles. The molecule has 5 N–H and O–H groups in total. The zero-order valence-electron chi connectivity index (χ0n) is 38.0. The van der Waals surface area contributed by atoms with Gasteiger partial charge in [0.1, 0.15) is 47.3 Å². The van der Waals surface area contributed by atoms with Gasteiger partial charge in [-0.1, -0.05) is 52.4 Å². The normalized spacial score (nSPS) is 13.7. The van der Waals surface area contributed by atoms with E-state index in [9.17, 15) is 33.6 Å². The van der Waals surface area contributed by atoms with Gasteiger partial charge < -0.3 is 45.5 Å². The lowest BCUT2D eigenvalue weighted by Gasteiger charge is -2.27. The van der Waals surface area contributed by atoms with Gasteiger partial charge in [-0.25, -0.2) is 28.7 Å². The third kappa shape index (κ3) is 23.0. The molecule has 1 aromatic rings. The van der Waals surface area contributed by atoms with Crippen molar-refractivity contribution >= 4 is 42.0 Å². The molecule has 0 saturated carbocycles. The summed E-state index contributed by atoms with van der Waals surface area (Å²) in [7, 11) is 1.23. The predicted molar refractivity (Wildman–Crippen MR) is 225 cm³/mol. The Kier molecular flexibility index (Phi) is 22.7. The van der Waals surface area contributed by atoms with Crippen LogP contribution in [0.15, 0.2) is 12.5 Å². The molecule has 1 rings (SSSR count). The number of amides is 5. The largest absolute Gasteiger partial charge is 0.467 e. The Morgan fingerprint density at radius 3 is 1.57 bits per heavy atom. The van der Waals surface area contributed by atoms with Gasteiger partial charge in [-0.3, -0.25) is 14.4 Å². The smallest absolute Gasteiger partial charge is 0.419 e. The number of rotatable bonds is 23. The number of carbonyl (C=O) groups is 7. The van der Waals surface area contributed by atoms with Crippen molar-refractivity contribution in [2.24, 2.45) is 0 Å². The summed E-state index contributed by atoms with van der Waals surface area (Å²) in [6.45, 7) is 19.7. The van der Waals surface area contributed by atoms with Crippen molar-refractivity contribution in [2.75, 3.05) is 13.7 Å². The maximum Gasteiger partial charge on any atom is 0.419 e. The van der Waals surface area contributed by atoms with Crippen LogP contribution in [0.25, 0.3) is 0 Å². The summed E-state index contributed by atoms with van der Waals surface area (Å²) >= 11 is 0. The van der Waals surface area contributed by atoms with Gasteiger partial charge in [0.25, 0.3) is 0 Å². The summed E-state index contributed by atoms with van der Waals surface area (Å²) in [6.07, 6.45) is 6.23. The standard InChI is InChI=1S/C42H73N7O11/c1-13-15-17-21-30(48-38(55)59-41(6,7)8)34(51)47-32(25-28-26-49(27-44-28)39(56)60-42(9,10)11)35(52)45-29(22-19-20-24-43-37(54)58-40(3,4)5)33(50)46-31(36(53)57-12)23-18-16-14-2/h26-27,29-32H,13-25H2,1-12H3,(H,43,54)(H,45,52)(H,46,50)(H,47,51)(H,48,55). The summed E-state index contributed by atoms with van der Waals surface area (Å²) in [5.74, 6) is -2.74. The number of esters is 1. The number of aromatic nitrogens is 2. The molecule has 0 spiro atoms. The highest BCUT2D eigenvalue weighted by molar-refractivity contribution is 5.95. The van der Waals surface area contributed by atoms with E-state index in [-0.39, 0.29) is 31.5 Å². The molecule has 0 bridgehead atoms. The van der Waals surface area contributed by atoms with E-state index in [0.29, 0.717) is 32.1 Å². The summed E-state index contributed by atoms with van der Waals surface area (Å²) in [4.78, 5) is 97.0. The number of unbranched alkanes of at least 4 members (excludes halogenated alkanes) is 5. The highest BCUT2D eigenvalue weighted by Crippen LogP contribution is 2.14. The number of alkyl carbamates (subject to hydrolysis) is 2. The Balaban J connectivity index is 3.52. The minimum Gasteiger partial charge on any atom is -0.467 e. The minimum atomic E-state index is -1.36. The van der Waals surface area contributed by atoms with Gasteiger partial charge in [-0.05, 0) is 94.4 Å². The molecule has 0 radical (unpaired) electrons. The van der Waals surface area contributed by atoms with Crippen LogP contribution < -0.4 is 26.6 Å². The molecule has 18 nitrogen and oxygen atoms in total. The second-order valence-corrected chi connectivity index (χ2v) is 17.8. The van der Waals surface area contributed by atoms with E-state index in [2.05, 4.69) is 31.6 Å². The third-order valence-electron chi connectivity index (χ3n) is 8.51. The van der Waals surface area contributed by atoms with Gasteiger partial charge >= 0.3 is 24.2 Å². The van der Waals surface area contributed by atoms with Crippen LogP contribution in [-0.4, -0.2) is 106 Å². The second-order valence-electron chi connectivity index (χ2n) is 17.8. The van der Waals surface area contributed by atoms with Crippen LogP contribution in [-0.2, 0) is 44.5 Å². The van der Waals surface area contributed by atoms with Crippen LogP contribution in [0.3, 0.4) is 0 Å². The second kappa shape index (κ2) is 25.7. The molecular formula is C42H73N7O11. The maximum atomic E-state index is 14.3. The molecule has 18 heteroatoms. The molecule has 0 fully saturated rings. The summed E-state index contributed by atoms with van der Waals surface area (Å²) < 4.78 is 22.2. The van der Waals surface area contributed by atoms with E-state index in [1.54, 1.807) is 62.3 Å². The summed E-state index contributed by atoms with van der Waals surface area (Å²) in [5, 5.41) is 13.5. The van der Waals surface area contributed by atoms with Gasteiger partial charge in [0.2, 0.25) is 17.7 Å². The number of nitrogens with one attached hydrogen (secondary N) is 5. The first kappa shape index (κ1) is 53.1. The number of imidazole rings is 1. The molecule has 5 amide bonds. The first-order chi connectivity index (χ1) is 27.9. The minimum absolute atomic E-state index is 0.0875. The SMILES string of the molecule is CCCCCC(NC(=O)OC(C)(C)C)C(=O)NC(Cc1cn(C(=O)OC(C)(C)C)cn1)C(=O)NC(CCCCNC(=O)OC(C)(C)C)C(=O)NC(CCCCC)C(=O)OC. The topological polar surface area (TPSA) is 234 Å². The average Bonchev–Trinajstić information content (AvgIpc) is 3.59. The predicted octanol–water partition coefficient (Wildman–Crippen LogP) is 5.59. The monoisotopic (exact) mass is 852 g/mol. The quantitative estimate of drug-likeness (QED) is 0.0516. The fourth-order valence-corrected chi connectivity index (χ4v) is 5.67. The number of carbonyl (C=O) groups excluding carboxylic acids is 7. The lowest BCUT2D eigenvalue weighted by Crippen LogP contribution is -2.58. The van der Waals surface area contributed by atoms with Crippen molar-refractivity contribution in [1.29, 1.82) is 0 Å². The van der Waals surface area contributed by atoms with Crippen molar-refractivity contribution in [3.05, 3.63) is 18.2 Å². The van der Waals surface area contributed by atoms with Gasteiger partial charge in [-0.2, -0.15) is 0 Å². The molecule has 4 atom stereocenters. The van der Waals surface area contributed by atoms with Crippen molar-refractivity contribution in [1.82, 2.24) is 36.1 Å². The van der Waals surface area contributed by atoms with Crippen LogP contribution in [0.4, 0.5) is 14.4 Å². The Bertz CT molecular complexity index is 1540. The first-order valence-electron chi connectivity index (χ1n) is 21.1. The van der Waals surface area contributed by atoms with E-state index in [1.165, 1.54) is 19.6 Å². The summed E-state index contributed by atoms with van der Waals surface area (Å²) in [6, 6.07) is -4.62. The Morgan fingerprint density at radius 1 is 0.600 bits per heavy atom. The molecule has 4 unspecified atom stereocenters. The zero-order valence-corrected chi connectivity index (χ0v) is 38.0. The van der Waals surface area contributed by atoms with Gasteiger partial charge in [0, 0.05) is 19.2 Å². The van der Waals surface area contributed by atoms with Crippen molar-refractivity contribution in [3.8, 4) is 0 Å². The van der Waals surface area contributed by atoms with Gasteiger partial charge in [-0.15, -0.1) is 0 Å².